The van der Waals surface area contributed by atoms with Gasteiger partial charge in [0.15, 0.2) is 5.79 Å². The highest BCUT2D eigenvalue weighted by Gasteiger charge is 2.32. The molecule has 1 fully saturated rings. The van der Waals surface area contributed by atoms with Crippen LogP contribution in [-0.2, 0) is 9.47 Å². The van der Waals surface area contributed by atoms with Crippen molar-refractivity contribution in [3.63, 3.8) is 0 Å². The molecule has 1 saturated heterocycles. The van der Waals surface area contributed by atoms with E-state index in [2.05, 4.69) is 6.92 Å². The molecule has 1 rings (SSSR count). The van der Waals surface area contributed by atoms with E-state index >= 15 is 0 Å². The monoisotopic (exact) mass is 286 g/mol. The molecule has 0 saturated carbocycles. The lowest BCUT2D eigenvalue weighted by Crippen LogP contribution is -2.22. The molecular formula is C17H34O3. The molecule has 1 heterocycles. The van der Waals surface area contributed by atoms with Gasteiger partial charge in [-0.3, -0.25) is 0 Å². The number of rotatable bonds is 11. The molecule has 1 aliphatic rings. The zero-order valence-corrected chi connectivity index (χ0v) is 13.7. The number of hydrogen-bond donors (Lipinski definition) is 1. The molecule has 20 heavy (non-hydrogen) atoms. The molecule has 0 spiro atoms. The summed E-state index contributed by atoms with van der Waals surface area (Å²) in [6.45, 7) is 6.80. The predicted octanol–water partition coefficient (Wildman–Crippen LogP) is 4.42. The molecule has 2 atom stereocenters. The Labute approximate surface area is 125 Å². The second-order valence-electron chi connectivity index (χ2n) is 6.59. The minimum Gasteiger partial charge on any atom is -0.393 e. The Morgan fingerprint density at radius 2 is 1.70 bits per heavy atom. The summed E-state index contributed by atoms with van der Waals surface area (Å²) >= 11 is 0. The normalized spacial score (nSPS) is 23.1. The highest BCUT2D eigenvalue weighted by molar-refractivity contribution is 4.72. The SMILES string of the molecule is CCCCCCCCCC(O)CCC1COC(C)(C)O1. The van der Waals surface area contributed by atoms with E-state index in [1.807, 2.05) is 13.8 Å². The maximum absolute atomic E-state index is 9.98. The Morgan fingerprint density at radius 3 is 2.30 bits per heavy atom. The summed E-state index contributed by atoms with van der Waals surface area (Å²) in [6, 6.07) is 0. The molecule has 3 heteroatoms. The van der Waals surface area contributed by atoms with E-state index in [0.717, 1.165) is 25.7 Å². The van der Waals surface area contributed by atoms with E-state index in [9.17, 15) is 5.11 Å². The summed E-state index contributed by atoms with van der Waals surface area (Å²) in [5, 5.41) is 9.98. The Bertz CT molecular complexity index is 240. The lowest BCUT2D eigenvalue weighted by molar-refractivity contribution is -0.139. The van der Waals surface area contributed by atoms with E-state index in [1.165, 1.54) is 38.5 Å². The lowest BCUT2D eigenvalue weighted by Gasteiger charge is -2.18. The fraction of sp³-hybridized carbons (Fsp3) is 1.00. The van der Waals surface area contributed by atoms with E-state index in [4.69, 9.17) is 9.47 Å². The molecule has 0 bridgehead atoms. The van der Waals surface area contributed by atoms with Crippen LogP contribution in [-0.4, -0.2) is 29.7 Å². The highest BCUT2D eigenvalue weighted by atomic mass is 16.7. The minimum absolute atomic E-state index is 0.161. The van der Waals surface area contributed by atoms with Crippen LogP contribution in [0.4, 0.5) is 0 Å². The van der Waals surface area contributed by atoms with Crippen LogP contribution in [0.15, 0.2) is 0 Å². The minimum atomic E-state index is -0.436. The van der Waals surface area contributed by atoms with E-state index in [0.29, 0.717) is 6.61 Å². The van der Waals surface area contributed by atoms with Crippen LogP contribution in [0.25, 0.3) is 0 Å². The number of aliphatic hydroxyl groups excluding tert-OH is 1. The molecule has 0 aromatic carbocycles. The van der Waals surface area contributed by atoms with Gasteiger partial charge in [-0.1, -0.05) is 51.9 Å². The van der Waals surface area contributed by atoms with Gasteiger partial charge in [0.2, 0.25) is 0 Å². The van der Waals surface area contributed by atoms with Crippen molar-refractivity contribution in [3.05, 3.63) is 0 Å². The van der Waals surface area contributed by atoms with Gasteiger partial charge in [0.1, 0.15) is 0 Å². The van der Waals surface area contributed by atoms with Crippen LogP contribution < -0.4 is 0 Å². The fourth-order valence-electron chi connectivity index (χ4n) is 2.76. The quantitative estimate of drug-likeness (QED) is 0.571. The Morgan fingerprint density at radius 1 is 1.05 bits per heavy atom. The van der Waals surface area contributed by atoms with Crippen molar-refractivity contribution in [3.8, 4) is 0 Å². The van der Waals surface area contributed by atoms with Crippen LogP contribution in [0.2, 0.25) is 0 Å². The van der Waals surface area contributed by atoms with Crippen LogP contribution >= 0.6 is 0 Å². The molecule has 0 aliphatic carbocycles. The highest BCUT2D eigenvalue weighted by Crippen LogP contribution is 2.25. The molecular weight excluding hydrogens is 252 g/mol. The Kier molecular flexibility index (Phi) is 8.74. The second kappa shape index (κ2) is 9.75. The van der Waals surface area contributed by atoms with Gasteiger partial charge >= 0.3 is 0 Å². The van der Waals surface area contributed by atoms with Crippen molar-refractivity contribution in [2.45, 2.75) is 103 Å². The predicted molar refractivity (Wildman–Crippen MR) is 82.8 cm³/mol. The van der Waals surface area contributed by atoms with Crippen molar-refractivity contribution < 1.29 is 14.6 Å². The standard InChI is InChI=1S/C17H34O3/c1-4-5-6-7-8-9-10-11-15(18)12-13-16-14-19-17(2,3)20-16/h15-16,18H,4-14H2,1-3H3. The maximum Gasteiger partial charge on any atom is 0.163 e. The molecule has 120 valence electrons. The third kappa shape index (κ3) is 8.23. The summed E-state index contributed by atoms with van der Waals surface area (Å²) in [4.78, 5) is 0. The van der Waals surface area contributed by atoms with Gasteiger partial charge in [0.05, 0.1) is 18.8 Å². The van der Waals surface area contributed by atoms with Gasteiger partial charge in [-0.25, -0.2) is 0 Å². The van der Waals surface area contributed by atoms with Gasteiger partial charge in [-0.2, -0.15) is 0 Å². The average molecular weight is 286 g/mol. The third-order valence-corrected chi connectivity index (χ3v) is 4.03. The molecule has 0 radical (unpaired) electrons. The van der Waals surface area contributed by atoms with E-state index < -0.39 is 5.79 Å². The van der Waals surface area contributed by atoms with Gasteiger partial charge in [-0.15, -0.1) is 0 Å². The number of aliphatic hydroxyl groups is 1. The summed E-state index contributed by atoms with van der Waals surface area (Å²) < 4.78 is 11.3. The van der Waals surface area contributed by atoms with E-state index in [-0.39, 0.29) is 12.2 Å². The van der Waals surface area contributed by atoms with Crippen molar-refractivity contribution >= 4 is 0 Å². The Hall–Kier alpha value is -0.120. The van der Waals surface area contributed by atoms with Gasteiger partial charge in [0.25, 0.3) is 0 Å². The summed E-state index contributed by atoms with van der Waals surface area (Å²) in [5.74, 6) is -0.436. The van der Waals surface area contributed by atoms with Gasteiger partial charge in [-0.05, 0) is 33.1 Å². The first-order valence-corrected chi connectivity index (χ1v) is 8.53. The largest absolute Gasteiger partial charge is 0.393 e. The number of hydrogen-bond acceptors (Lipinski definition) is 3. The summed E-state index contributed by atoms with van der Waals surface area (Å²) in [7, 11) is 0. The van der Waals surface area contributed by atoms with Crippen molar-refractivity contribution in [2.75, 3.05) is 6.61 Å². The molecule has 0 amide bonds. The average Bonchev–Trinajstić information content (AvgIpc) is 2.75. The smallest absolute Gasteiger partial charge is 0.163 e. The van der Waals surface area contributed by atoms with Crippen LogP contribution in [0.5, 0.6) is 0 Å². The Balaban J connectivity index is 1.92. The third-order valence-electron chi connectivity index (χ3n) is 4.03. The first-order valence-electron chi connectivity index (χ1n) is 8.53. The van der Waals surface area contributed by atoms with E-state index in [1.54, 1.807) is 0 Å². The first kappa shape index (κ1) is 17.9. The molecule has 3 nitrogen and oxygen atoms in total. The first-order chi connectivity index (χ1) is 9.53. The number of ether oxygens (including phenoxy) is 2. The molecule has 1 N–H and O–H groups in total. The topological polar surface area (TPSA) is 38.7 Å². The van der Waals surface area contributed by atoms with Crippen LogP contribution in [0, 0.1) is 0 Å². The molecule has 2 unspecified atom stereocenters. The molecule has 0 aromatic rings. The van der Waals surface area contributed by atoms with Crippen LogP contribution in [0.3, 0.4) is 0 Å². The lowest BCUT2D eigenvalue weighted by atomic mass is 10.0. The number of unbranched alkanes of at least 4 members (excludes halogenated alkanes) is 6. The fourth-order valence-corrected chi connectivity index (χ4v) is 2.76. The zero-order valence-electron chi connectivity index (χ0n) is 13.7. The molecule has 1 aliphatic heterocycles. The van der Waals surface area contributed by atoms with Crippen molar-refractivity contribution in [1.82, 2.24) is 0 Å². The molecule has 0 aromatic heterocycles. The van der Waals surface area contributed by atoms with Crippen molar-refractivity contribution in [2.24, 2.45) is 0 Å². The van der Waals surface area contributed by atoms with Gasteiger partial charge < -0.3 is 14.6 Å². The second-order valence-corrected chi connectivity index (χ2v) is 6.59. The maximum atomic E-state index is 9.98. The summed E-state index contributed by atoms with van der Waals surface area (Å²) in [5.41, 5.74) is 0. The van der Waals surface area contributed by atoms with Crippen LogP contribution in [0.1, 0.15) is 85.0 Å². The van der Waals surface area contributed by atoms with Gasteiger partial charge in [0, 0.05) is 0 Å². The zero-order chi connectivity index (χ0) is 14.8. The van der Waals surface area contributed by atoms with Crippen molar-refractivity contribution in [1.29, 1.82) is 0 Å². The summed E-state index contributed by atoms with van der Waals surface area (Å²) in [6.07, 6.45) is 11.8.